The third kappa shape index (κ3) is 3.93. The lowest BCUT2D eigenvalue weighted by Gasteiger charge is -2.25. The Morgan fingerprint density at radius 2 is 1.81 bits per heavy atom. The van der Waals surface area contributed by atoms with Crippen molar-refractivity contribution in [3.63, 3.8) is 0 Å². The minimum atomic E-state index is -0.894. The Labute approximate surface area is 155 Å². The summed E-state index contributed by atoms with van der Waals surface area (Å²) >= 11 is 1.35. The Hall–Kier alpha value is -2.28. The minimum Gasteiger partial charge on any atom is -0.337 e. The van der Waals surface area contributed by atoms with Gasteiger partial charge in [0.05, 0.1) is 11.5 Å². The van der Waals surface area contributed by atoms with Gasteiger partial charge in [-0.05, 0) is 36.6 Å². The first-order valence-electron chi connectivity index (χ1n) is 8.50. The van der Waals surface area contributed by atoms with E-state index in [9.17, 15) is 18.4 Å². The van der Waals surface area contributed by atoms with Gasteiger partial charge < -0.3 is 10.2 Å². The van der Waals surface area contributed by atoms with Crippen LogP contribution in [0.3, 0.4) is 0 Å². The summed E-state index contributed by atoms with van der Waals surface area (Å²) in [5.41, 5.74) is 1.40. The average Bonchev–Trinajstić information content (AvgIpc) is 2.91. The molecule has 1 aromatic heterocycles. The monoisotopic (exact) mass is 380 g/mol. The van der Waals surface area contributed by atoms with E-state index in [0.29, 0.717) is 24.5 Å². The summed E-state index contributed by atoms with van der Waals surface area (Å²) in [6.07, 6.45) is 0.710. The third-order valence-corrected chi connectivity index (χ3v) is 5.42. The predicted molar refractivity (Wildman–Crippen MR) is 99.5 cm³/mol. The van der Waals surface area contributed by atoms with E-state index >= 15 is 0 Å². The van der Waals surface area contributed by atoms with Crippen molar-refractivity contribution >= 4 is 28.2 Å². The second kappa shape index (κ2) is 8.40. The Balaban J connectivity index is 0.00000117. The summed E-state index contributed by atoms with van der Waals surface area (Å²) in [5.74, 6) is -2.59. The number of anilines is 1. The van der Waals surface area contributed by atoms with Crippen LogP contribution in [0, 0.1) is 18.6 Å². The van der Waals surface area contributed by atoms with Gasteiger partial charge in [-0.15, -0.1) is 11.3 Å². The van der Waals surface area contributed by atoms with Gasteiger partial charge in [-0.3, -0.25) is 9.59 Å². The first-order chi connectivity index (χ1) is 12.4. The predicted octanol–water partition coefficient (Wildman–Crippen LogP) is 4.52. The lowest BCUT2D eigenvalue weighted by Crippen LogP contribution is -2.33. The number of nitrogens with one attached hydrogen (secondary N) is 1. The SMILES string of the molecule is CC.CC(=O)N1CCc2c(sc(NC(=O)c3c(F)cccc3F)c2C)C1. The summed E-state index contributed by atoms with van der Waals surface area (Å²) in [6.45, 7) is 8.52. The maximum atomic E-state index is 13.7. The van der Waals surface area contributed by atoms with Crippen LogP contribution in [0.2, 0.25) is 0 Å². The molecule has 3 rings (SSSR count). The number of fused-ring (bicyclic) bond motifs is 1. The Kier molecular flexibility index (Phi) is 6.47. The quantitative estimate of drug-likeness (QED) is 0.833. The average molecular weight is 380 g/mol. The molecule has 0 unspecified atom stereocenters. The molecule has 1 aliphatic rings. The second-order valence-corrected chi connectivity index (χ2v) is 6.80. The van der Waals surface area contributed by atoms with Gasteiger partial charge >= 0.3 is 0 Å². The summed E-state index contributed by atoms with van der Waals surface area (Å²) in [7, 11) is 0. The fourth-order valence-electron chi connectivity index (χ4n) is 2.83. The van der Waals surface area contributed by atoms with Gasteiger partial charge in [-0.2, -0.15) is 0 Å². The number of nitrogens with zero attached hydrogens (tertiary/aromatic N) is 1. The van der Waals surface area contributed by atoms with Crippen LogP contribution in [0.5, 0.6) is 0 Å². The summed E-state index contributed by atoms with van der Waals surface area (Å²) in [5, 5.41) is 3.17. The first kappa shape index (κ1) is 20.0. The number of carbonyl (C=O) groups excluding carboxylic acids is 2. The molecule has 26 heavy (non-hydrogen) atoms. The van der Waals surface area contributed by atoms with Crippen molar-refractivity contribution in [2.24, 2.45) is 0 Å². The van der Waals surface area contributed by atoms with Crippen molar-refractivity contribution < 1.29 is 18.4 Å². The largest absolute Gasteiger partial charge is 0.337 e. The van der Waals surface area contributed by atoms with Crippen molar-refractivity contribution in [1.29, 1.82) is 0 Å². The zero-order valence-corrected chi connectivity index (χ0v) is 16.1. The highest BCUT2D eigenvalue weighted by Gasteiger charge is 2.25. The molecular formula is C19H22F2N2O2S. The van der Waals surface area contributed by atoms with Crippen LogP contribution in [-0.2, 0) is 17.8 Å². The molecule has 0 atom stereocenters. The van der Waals surface area contributed by atoms with Gasteiger partial charge in [0.1, 0.15) is 17.2 Å². The molecular weight excluding hydrogens is 358 g/mol. The van der Waals surface area contributed by atoms with Gasteiger partial charge in [0.15, 0.2) is 0 Å². The smallest absolute Gasteiger partial charge is 0.262 e. The van der Waals surface area contributed by atoms with Crippen LogP contribution >= 0.6 is 11.3 Å². The van der Waals surface area contributed by atoms with Crippen LogP contribution < -0.4 is 5.32 Å². The van der Waals surface area contributed by atoms with Crippen molar-refractivity contribution in [2.75, 3.05) is 11.9 Å². The number of halogens is 2. The van der Waals surface area contributed by atoms with E-state index in [0.717, 1.165) is 28.1 Å². The van der Waals surface area contributed by atoms with Gasteiger partial charge in [0.25, 0.3) is 5.91 Å². The number of hydrogen-bond acceptors (Lipinski definition) is 3. The third-order valence-electron chi connectivity index (χ3n) is 4.18. The number of hydrogen-bond donors (Lipinski definition) is 1. The van der Waals surface area contributed by atoms with E-state index in [1.165, 1.54) is 24.3 Å². The molecule has 0 saturated carbocycles. The van der Waals surface area contributed by atoms with E-state index in [-0.39, 0.29) is 5.91 Å². The molecule has 0 saturated heterocycles. The topological polar surface area (TPSA) is 49.4 Å². The fourth-order valence-corrected chi connectivity index (χ4v) is 4.09. The zero-order chi connectivity index (χ0) is 19.4. The van der Waals surface area contributed by atoms with E-state index in [1.54, 1.807) is 4.90 Å². The lowest BCUT2D eigenvalue weighted by atomic mass is 10.0. The molecule has 1 aliphatic heterocycles. The van der Waals surface area contributed by atoms with E-state index in [4.69, 9.17) is 0 Å². The van der Waals surface area contributed by atoms with Gasteiger partial charge in [0, 0.05) is 18.3 Å². The van der Waals surface area contributed by atoms with Gasteiger partial charge in [0.2, 0.25) is 5.91 Å². The maximum absolute atomic E-state index is 13.7. The molecule has 0 aliphatic carbocycles. The van der Waals surface area contributed by atoms with Crippen LogP contribution in [0.25, 0.3) is 0 Å². The number of thiophene rings is 1. The number of benzene rings is 1. The highest BCUT2D eigenvalue weighted by atomic mass is 32.1. The number of amides is 2. The van der Waals surface area contributed by atoms with Gasteiger partial charge in [-0.1, -0.05) is 19.9 Å². The minimum absolute atomic E-state index is 0.00529. The second-order valence-electron chi connectivity index (χ2n) is 5.70. The molecule has 2 aromatic rings. The Bertz CT molecular complexity index is 813. The molecule has 4 nitrogen and oxygen atoms in total. The maximum Gasteiger partial charge on any atom is 0.262 e. The van der Waals surface area contributed by atoms with Gasteiger partial charge in [-0.25, -0.2) is 8.78 Å². The van der Waals surface area contributed by atoms with Crippen LogP contribution in [0.15, 0.2) is 18.2 Å². The van der Waals surface area contributed by atoms with E-state index in [1.807, 2.05) is 20.8 Å². The van der Waals surface area contributed by atoms with Crippen LogP contribution in [0.1, 0.15) is 47.1 Å². The molecule has 1 aromatic carbocycles. The van der Waals surface area contributed by atoms with Crippen molar-refractivity contribution in [1.82, 2.24) is 4.90 Å². The van der Waals surface area contributed by atoms with E-state index < -0.39 is 23.1 Å². The van der Waals surface area contributed by atoms with Crippen molar-refractivity contribution in [3.8, 4) is 0 Å². The fraction of sp³-hybridized carbons (Fsp3) is 0.368. The van der Waals surface area contributed by atoms with Crippen LogP contribution in [0.4, 0.5) is 13.8 Å². The highest BCUT2D eigenvalue weighted by molar-refractivity contribution is 7.16. The zero-order valence-electron chi connectivity index (χ0n) is 15.3. The molecule has 0 spiro atoms. The summed E-state index contributed by atoms with van der Waals surface area (Å²) in [4.78, 5) is 26.5. The normalized spacial score (nSPS) is 12.8. The van der Waals surface area contributed by atoms with Crippen molar-refractivity contribution in [3.05, 3.63) is 51.4 Å². The number of carbonyl (C=O) groups is 2. The van der Waals surface area contributed by atoms with Crippen molar-refractivity contribution in [2.45, 2.75) is 40.7 Å². The molecule has 2 heterocycles. The first-order valence-corrected chi connectivity index (χ1v) is 9.32. The molecule has 0 radical (unpaired) electrons. The summed E-state index contributed by atoms with van der Waals surface area (Å²) < 4.78 is 27.5. The highest BCUT2D eigenvalue weighted by Crippen LogP contribution is 2.36. The lowest BCUT2D eigenvalue weighted by molar-refractivity contribution is -0.129. The van der Waals surface area contributed by atoms with E-state index in [2.05, 4.69) is 5.32 Å². The molecule has 7 heteroatoms. The molecule has 0 bridgehead atoms. The molecule has 140 valence electrons. The molecule has 0 fully saturated rings. The number of rotatable bonds is 2. The Morgan fingerprint density at radius 1 is 1.19 bits per heavy atom. The Morgan fingerprint density at radius 3 is 2.38 bits per heavy atom. The van der Waals surface area contributed by atoms with Crippen LogP contribution in [-0.4, -0.2) is 23.3 Å². The standard InChI is InChI=1S/C17H16F2N2O2S.C2H6/c1-9-11-6-7-21(10(2)22)8-14(11)24-17(9)20-16(23)15-12(18)4-3-5-13(15)19;1-2/h3-5H,6-8H2,1-2H3,(H,20,23);1-2H3. The summed E-state index contributed by atoms with van der Waals surface area (Å²) in [6, 6.07) is 3.32. The molecule has 2 amide bonds. The molecule has 1 N–H and O–H groups in total.